The van der Waals surface area contributed by atoms with Gasteiger partial charge in [-0.3, -0.25) is 0 Å². The molecule has 22 heavy (non-hydrogen) atoms. The summed E-state index contributed by atoms with van der Waals surface area (Å²) in [6.45, 7) is 6.43. The van der Waals surface area contributed by atoms with E-state index in [4.69, 9.17) is 4.74 Å². The molecule has 0 spiro atoms. The maximum Gasteiger partial charge on any atom is 0.119 e. The predicted molar refractivity (Wildman–Crippen MR) is 88.1 cm³/mol. The fourth-order valence-corrected chi connectivity index (χ4v) is 5.62. The highest BCUT2D eigenvalue weighted by atomic mass is 16.5. The molecule has 2 heteroatoms. The second-order valence-electron chi connectivity index (χ2n) is 7.79. The average Bonchev–Trinajstić information content (AvgIpc) is 2.77. The molecular weight excluding hydrogens is 272 g/mol. The van der Waals surface area contributed by atoms with Gasteiger partial charge in [-0.1, -0.05) is 19.6 Å². The zero-order valence-electron chi connectivity index (χ0n) is 13.6. The predicted octanol–water partition coefficient (Wildman–Crippen LogP) is 4.08. The van der Waals surface area contributed by atoms with E-state index in [1.807, 2.05) is 0 Å². The molecule has 1 aromatic rings. The summed E-state index contributed by atoms with van der Waals surface area (Å²) in [5.41, 5.74) is 4.13. The van der Waals surface area contributed by atoms with Crippen LogP contribution in [0.4, 0.5) is 0 Å². The lowest BCUT2D eigenvalue weighted by Gasteiger charge is -2.49. The van der Waals surface area contributed by atoms with Crippen molar-refractivity contribution in [1.29, 1.82) is 0 Å². The Hall–Kier alpha value is -1.28. The van der Waals surface area contributed by atoms with Crippen molar-refractivity contribution in [2.45, 2.75) is 51.0 Å². The highest BCUT2D eigenvalue weighted by Crippen LogP contribution is 2.61. The number of benzene rings is 1. The summed E-state index contributed by atoms with van der Waals surface area (Å²) < 4.78 is 5.39. The fraction of sp³-hybridized carbons (Fsp3) is 0.600. The Balaban J connectivity index is 1.70. The maximum atomic E-state index is 10.6. The van der Waals surface area contributed by atoms with E-state index in [1.165, 1.54) is 24.0 Å². The first-order valence-corrected chi connectivity index (χ1v) is 8.57. The van der Waals surface area contributed by atoms with Gasteiger partial charge < -0.3 is 9.84 Å². The number of aryl methyl sites for hydroxylation is 1. The first kappa shape index (κ1) is 14.3. The molecule has 4 rings (SSSR count). The Bertz CT molecular complexity index is 620. The Morgan fingerprint density at radius 3 is 2.91 bits per heavy atom. The van der Waals surface area contributed by atoms with Gasteiger partial charge in [-0.15, -0.1) is 0 Å². The summed E-state index contributed by atoms with van der Waals surface area (Å²) in [4.78, 5) is 0. The molecule has 0 aromatic heterocycles. The molecule has 2 nitrogen and oxygen atoms in total. The van der Waals surface area contributed by atoms with Gasteiger partial charge in [-0.25, -0.2) is 0 Å². The van der Waals surface area contributed by atoms with Crippen LogP contribution in [-0.4, -0.2) is 18.3 Å². The van der Waals surface area contributed by atoms with E-state index in [1.54, 1.807) is 7.11 Å². The second-order valence-corrected chi connectivity index (χ2v) is 7.79. The van der Waals surface area contributed by atoms with Gasteiger partial charge in [-0.2, -0.15) is 0 Å². The summed E-state index contributed by atoms with van der Waals surface area (Å²) in [5, 5.41) is 10.6. The number of aliphatic hydroxyl groups is 1. The van der Waals surface area contributed by atoms with E-state index in [0.29, 0.717) is 17.8 Å². The van der Waals surface area contributed by atoms with Crippen LogP contribution < -0.4 is 4.74 Å². The Morgan fingerprint density at radius 2 is 2.14 bits per heavy atom. The highest BCUT2D eigenvalue weighted by Gasteiger charge is 2.55. The molecule has 0 amide bonds. The smallest absolute Gasteiger partial charge is 0.119 e. The number of rotatable bonds is 1. The summed E-state index contributed by atoms with van der Waals surface area (Å²) >= 11 is 0. The van der Waals surface area contributed by atoms with E-state index in [0.717, 1.165) is 30.6 Å². The number of hydrogen-bond acceptors (Lipinski definition) is 2. The molecule has 0 bridgehead atoms. The Labute approximate surface area is 133 Å². The van der Waals surface area contributed by atoms with E-state index in [9.17, 15) is 5.11 Å². The van der Waals surface area contributed by atoms with E-state index in [2.05, 4.69) is 31.7 Å². The van der Waals surface area contributed by atoms with Crippen LogP contribution in [0, 0.1) is 17.3 Å². The van der Waals surface area contributed by atoms with Gasteiger partial charge >= 0.3 is 0 Å². The van der Waals surface area contributed by atoms with E-state index >= 15 is 0 Å². The van der Waals surface area contributed by atoms with Crippen molar-refractivity contribution >= 4 is 0 Å². The highest BCUT2D eigenvalue weighted by molar-refractivity contribution is 5.41. The lowest BCUT2D eigenvalue weighted by molar-refractivity contribution is -0.0159. The number of fused-ring (bicyclic) bond motifs is 5. The molecule has 1 aromatic carbocycles. The third kappa shape index (κ3) is 1.83. The van der Waals surface area contributed by atoms with E-state index < -0.39 is 0 Å². The molecule has 0 aliphatic heterocycles. The van der Waals surface area contributed by atoms with Crippen molar-refractivity contribution in [2.24, 2.45) is 17.3 Å². The van der Waals surface area contributed by atoms with Gasteiger partial charge in [0.2, 0.25) is 0 Å². The zero-order valence-corrected chi connectivity index (χ0v) is 13.6. The van der Waals surface area contributed by atoms with Gasteiger partial charge in [0.15, 0.2) is 0 Å². The van der Waals surface area contributed by atoms with Crippen LogP contribution in [0.1, 0.15) is 49.7 Å². The van der Waals surface area contributed by atoms with Crippen molar-refractivity contribution in [3.63, 3.8) is 0 Å². The summed E-state index contributed by atoms with van der Waals surface area (Å²) in [7, 11) is 1.74. The summed E-state index contributed by atoms with van der Waals surface area (Å²) in [5.74, 6) is 2.94. The van der Waals surface area contributed by atoms with Crippen LogP contribution in [-0.2, 0) is 6.42 Å². The van der Waals surface area contributed by atoms with Crippen LogP contribution in [0.5, 0.6) is 5.75 Å². The van der Waals surface area contributed by atoms with Crippen LogP contribution in [0.25, 0.3) is 0 Å². The molecule has 0 radical (unpaired) electrons. The first-order chi connectivity index (χ1) is 10.5. The minimum absolute atomic E-state index is 0.0578. The topological polar surface area (TPSA) is 29.5 Å². The molecule has 5 atom stereocenters. The van der Waals surface area contributed by atoms with Gasteiger partial charge in [0.05, 0.1) is 13.2 Å². The van der Waals surface area contributed by atoms with Crippen molar-refractivity contribution < 1.29 is 9.84 Å². The lowest BCUT2D eigenvalue weighted by Crippen LogP contribution is -2.44. The molecule has 2 fully saturated rings. The minimum Gasteiger partial charge on any atom is -0.497 e. The molecule has 3 aliphatic carbocycles. The molecule has 0 heterocycles. The number of ether oxygens (including phenoxy) is 1. The third-order valence-electron chi connectivity index (χ3n) is 6.86. The number of methoxy groups -OCH3 is 1. The lowest BCUT2D eigenvalue weighted by atomic mass is 9.55. The molecule has 0 unspecified atom stereocenters. The maximum absolute atomic E-state index is 10.6. The summed E-state index contributed by atoms with van der Waals surface area (Å²) in [6.07, 6.45) is 5.42. The molecule has 0 saturated heterocycles. The minimum atomic E-state index is -0.296. The third-order valence-corrected chi connectivity index (χ3v) is 6.86. The monoisotopic (exact) mass is 298 g/mol. The SMILES string of the molecule is C=C1C[C@H]2[C@@H]3CCc4cc(OC)ccc4[C@H]3CC[C@]2(C)[C@H]1O. The average molecular weight is 298 g/mol. The molecule has 1 N–H and O–H groups in total. The second kappa shape index (κ2) is 4.86. The van der Waals surface area contributed by atoms with Crippen LogP contribution >= 0.6 is 0 Å². The van der Waals surface area contributed by atoms with Gasteiger partial charge in [0.1, 0.15) is 5.75 Å². The molecular formula is C20H26O2. The van der Waals surface area contributed by atoms with Crippen LogP contribution in [0.2, 0.25) is 0 Å². The molecule has 118 valence electrons. The van der Waals surface area contributed by atoms with Gasteiger partial charge in [0.25, 0.3) is 0 Å². The van der Waals surface area contributed by atoms with Crippen molar-refractivity contribution in [1.82, 2.24) is 0 Å². The Morgan fingerprint density at radius 1 is 1.32 bits per heavy atom. The normalized spacial score (nSPS) is 39.9. The Kier molecular flexibility index (Phi) is 3.16. The van der Waals surface area contributed by atoms with Crippen molar-refractivity contribution in [3.8, 4) is 5.75 Å². The first-order valence-electron chi connectivity index (χ1n) is 8.57. The van der Waals surface area contributed by atoms with Crippen molar-refractivity contribution in [2.75, 3.05) is 7.11 Å². The largest absolute Gasteiger partial charge is 0.497 e. The zero-order chi connectivity index (χ0) is 15.5. The van der Waals surface area contributed by atoms with Gasteiger partial charge in [0, 0.05) is 5.41 Å². The molecule has 2 saturated carbocycles. The quantitative estimate of drug-likeness (QED) is 0.792. The van der Waals surface area contributed by atoms with Crippen LogP contribution in [0.15, 0.2) is 30.4 Å². The van der Waals surface area contributed by atoms with E-state index in [-0.39, 0.29) is 11.5 Å². The van der Waals surface area contributed by atoms with Crippen LogP contribution in [0.3, 0.4) is 0 Å². The standard InChI is InChI=1S/C20H26O2/c1-12-10-18-17-6-4-13-11-14(22-3)5-7-15(13)16(17)8-9-20(18,2)19(12)21/h5,7,11,16-19,21H,1,4,6,8-10H2,2-3H3/t16-,17-,18+,19+,20+/m1/s1. The van der Waals surface area contributed by atoms with Crippen molar-refractivity contribution in [3.05, 3.63) is 41.5 Å². The van der Waals surface area contributed by atoms with Gasteiger partial charge in [-0.05, 0) is 78.7 Å². The number of aliphatic hydroxyl groups excluding tert-OH is 1. The molecule has 3 aliphatic rings. The summed E-state index contributed by atoms with van der Waals surface area (Å²) in [6, 6.07) is 6.62. The number of hydrogen-bond donors (Lipinski definition) is 1. The fourth-order valence-electron chi connectivity index (χ4n) is 5.62.